The van der Waals surface area contributed by atoms with Gasteiger partial charge in [-0.2, -0.15) is 0 Å². The van der Waals surface area contributed by atoms with Crippen molar-refractivity contribution in [1.82, 2.24) is 0 Å². The highest BCUT2D eigenvalue weighted by Gasteiger charge is 2.27. The highest BCUT2D eigenvalue weighted by atomic mass is 16.5. The Hall–Kier alpha value is -0.640. The summed E-state index contributed by atoms with van der Waals surface area (Å²) in [5.74, 6) is 0. The molecule has 0 aliphatic heterocycles. The van der Waals surface area contributed by atoms with Crippen LogP contribution in [0.25, 0.3) is 0 Å². The lowest BCUT2D eigenvalue weighted by Crippen LogP contribution is -2.48. The van der Waals surface area contributed by atoms with Gasteiger partial charge in [-0.05, 0) is 58.8 Å². The molecule has 0 bridgehead atoms. The molecule has 0 rings (SSSR count). The van der Waals surface area contributed by atoms with Gasteiger partial charge in [-0.1, -0.05) is 109 Å². The van der Waals surface area contributed by atoms with E-state index in [0.717, 1.165) is 32.5 Å². The number of rotatable bonds is 26. The van der Waals surface area contributed by atoms with Crippen molar-refractivity contribution in [2.75, 3.05) is 19.8 Å². The maximum atomic E-state index is 6.34. The lowest BCUT2D eigenvalue weighted by atomic mass is 10.00. The average Bonchev–Trinajstić information content (AvgIpc) is 2.82. The fourth-order valence-corrected chi connectivity index (χ4v) is 3.93. The summed E-state index contributed by atoms with van der Waals surface area (Å²) in [6, 6.07) is -0.0720. The molecular weight excluding hydrogens is 418 g/mol. The molecule has 0 aromatic carbocycles. The summed E-state index contributed by atoms with van der Waals surface area (Å²) in [6.07, 6.45) is 32.3. The fourth-order valence-electron chi connectivity index (χ4n) is 3.93. The van der Waals surface area contributed by atoms with Crippen molar-refractivity contribution in [1.29, 1.82) is 0 Å². The Morgan fingerprint density at radius 3 is 1.71 bits per heavy atom. The van der Waals surface area contributed by atoms with E-state index in [1.165, 1.54) is 96.3 Å². The van der Waals surface area contributed by atoms with Gasteiger partial charge in [0.05, 0.1) is 18.2 Å². The normalized spacial score (nSPS) is 13.4. The second kappa shape index (κ2) is 25.5. The van der Waals surface area contributed by atoms with Gasteiger partial charge in [0.2, 0.25) is 0 Å². The zero-order chi connectivity index (χ0) is 25.2. The second-order valence-corrected chi connectivity index (χ2v) is 10.5. The Labute approximate surface area is 214 Å². The molecule has 0 aliphatic rings. The van der Waals surface area contributed by atoms with Crippen molar-refractivity contribution in [2.24, 2.45) is 5.73 Å². The van der Waals surface area contributed by atoms with Crippen LogP contribution in [0.3, 0.4) is 0 Å². The van der Waals surface area contributed by atoms with E-state index in [0.29, 0.717) is 6.61 Å². The largest absolute Gasteiger partial charge is 0.380 e. The molecule has 3 nitrogen and oxygen atoms in total. The van der Waals surface area contributed by atoms with Crippen LogP contribution in [-0.2, 0) is 9.47 Å². The van der Waals surface area contributed by atoms with Crippen molar-refractivity contribution in [2.45, 2.75) is 155 Å². The van der Waals surface area contributed by atoms with Crippen LogP contribution in [0.5, 0.6) is 0 Å². The highest BCUT2D eigenvalue weighted by molar-refractivity contribution is 4.92. The molecule has 0 aliphatic carbocycles. The van der Waals surface area contributed by atoms with Crippen LogP contribution in [0.4, 0.5) is 0 Å². The van der Waals surface area contributed by atoms with E-state index in [1.54, 1.807) is 0 Å². The predicted molar refractivity (Wildman–Crippen MR) is 152 cm³/mol. The number of hydrogen-bond acceptors (Lipinski definition) is 3. The zero-order valence-corrected chi connectivity index (χ0v) is 23.6. The molecule has 3 heteroatoms. The van der Waals surface area contributed by atoms with E-state index in [1.807, 2.05) is 0 Å². The molecule has 0 heterocycles. The van der Waals surface area contributed by atoms with E-state index in [2.05, 4.69) is 52.0 Å². The van der Waals surface area contributed by atoms with Crippen LogP contribution in [0.1, 0.15) is 143 Å². The van der Waals surface area contributed by atoms with Crippen molar-refractivity contribution in [3.63, 3.8) is 0 Å². The van der Waals surface area contributed by atoms with Crippen LogP contribution in [0.15, 0.2) is 24.3 Å². The summed E-state index contributed by atoms with van der Waals surface area (Å²) in [7, 11) is 0. The van der Waals surface area contributed by atoms with Crippen LogP contribution in [-0.4, -0.2) is 31.5 Å². The first-order chi connectivity index (χ1) is 16.5. The Morgan fingerprint density at radius 1 is 0.618 bits per heavy atom. The van der Waals surface area contributed by atoms with Crippen LogP contribution < -0.4 is 5.73 Å². The molecule has 0 saturated carbocycles. The summed E-state index contributed by atoms with van der Waals surface area (Å²) in [6.45, 7) is 10.9. The minimum absolute atomic E-state index is 0.0720. The van der Waals surface area contributed by atoms with Crippen molar-refractivity contribution >= 4 is 0 Å². The molecule has 0 amide bonds. The average molecular weight is 480 g/mol. The first-order valence-electron chi connectivity index (χ1n) is 14.8. The summed E-state index contributed by atoms with van der Waals surface area (Å²) in [5.41, 5.74) is 6.02. The van der Waals surface area contributed by atoms with Gasteiger partial charge < -0.3 is 15.2 Å². The number of unbranched alkanes of at least 4 members (excludes halogenated alkanes) is 14. The minimum atomic E-state index is -0.321. The number of ether oxygens (including phenoxy) is 2. The SMILES string of the molecule is CCCCCC=CCC=CCCCCCCCCOC(C)(C)[C@H](N)COCCCCCCCC. The molecule has 0 unspecified atom stereocenters. The van der Waals surface area contributed by atoms with Gasteiger partial charge in [0.25, 0.3) is 0 Å². The monoisotopic (exact) mass is 479 g/mol. The summed E-state index contributed by atoms with van der Waals surface area (Å²) in [4.78, 5) is 0. The van der Waals surface area contributed by atoms with E-state index >= 15 is 0 Å². The highest BCUT2D eigenvalue weighted by Crippen LogP contribution is 2.16. The molecule has 0 aromatic heterocycles. The predicted octanol–water partition coefficient (Wildman–Crippen LogP) is 9.30. The lowest BCUT2D eigenvalue weighted by molar-refractivity contribution is -0.0566. The topological polar surface area (TPSA) is 44.5 Å². The van der Waals surface area contributed by atoms with Crippen molar-refractivity contribution in [3.05, 3.63) is 24.3 Å². The third-order valence-electron chi connectivity index (χ3n) is 6.65. The third kappa shape index (κ3) is 23.1. The molecule has 0 radical (unpaired) electrons. The maximum absolute atomic E-state index is 6.34. The third-order valence-corrected chi connectivity index (χ3v) is 6.65. The Morgan fingerprint density at radius 2 is 1.09 bits per heavy atom. The second-order valence-electron chi connectivity index (χ2n) is 10.5. The molecular formula is C31H61NO2. The van der Waals surface area contributed by atoms with Gasteiger partial charge in [0.1, 0.15) is 0 Å². The Kier molecular flexibility index (Phi) is 25.0. The summed E-state index contributed by atoms with van der Waals surface area (Å²) >= 11 is 0. The molecule has 0 saturated heterocycles. The van der Waals surface area contributed by atoms with Crippen LogP contribution >= 0.6 is 0 Å². The molecule has 2 N–H and O–H groups in total. The number of nitrogens with two attached hydrogens (primary N) is 1. The minimum Gasteiger partial charge on any atom is -0.380 e. The van der Waals surface area contributed by atoms with E-state index in [4.69, 9.17) is 15.2 Å². The fraction of sp³-hybridized carbons (Fsp3) is 0.871. The van der Waals surface area contributed by atoms with Gasteiger partial charge in [-0.3, -0.25) is 0 Å². The van der Waals surface area contributed by atoms with Gasteiger partial charge >= 0.3 is 0 Å². The summed E-state index contributed by atoms with van der Waals surface area (Å²) in [5, 5.41) is 0. The lowest BCUT2D eigenvalue weighted by Gasteiger charge is -2.31. The van der Waals surface area contributed by atoms with Gasteiger partial charge in [0, 0.05) is 13.2 Å². The molecule has 0 aromatic rings. The standard InChI is InChI=1S/C31H61NO2/c1-5-7-9-11-13-14-15-16-17-18-19-20-21-22-24-26-28-34-31(3,4)30(32)29-33-27-25-23-12-10-8-6-2/h13-14,16-17,30H,5-12,15,18-29,32H2,1-4H3/t30-/m1/s1. The molecule has 1 atom stereocenters. The molecule has 0 fully saturated rings. The van der Waals surface area contributed by atoms with Crippen LogP contribution in [0.2, 0.25) is 0 Å². The molecule has 34 heavy (non-hydrogen) atoms. The quantitative estimate of drug-likeness (QED) is 0.0992. The van der Waals surface area contributed by atoms with Crippen molar-refractivity contribution in [3.8, 4) is 0 Å². The first-order valence-corrected chi connectivity index (χ1v) is 14.8. The summed E-state index contributed by atoms with van der Waals surface area (Å²) < 4.78 is 11.9. The maximum Gasteiger partial charge on any atom is 0.0799 e. The number of allylic oxidation sites excluding steroid dienone is 4. The Balaban J connectivity index is 3.50. The van der Waals surface area contributed by atoms with Crippen molar-refractivity contribution < 1.29 is 9.47 Å². The van der Waals surface area contributed by atoms with Gasteiger partial charge in [-0.15, -0.1) is 0 Å². The smallest absolute Gasteiger partial charge is 0.0799 e. The van der Waals surface area contributed by atoms with E-state index in [9.17, 15) is 0 Å². The van der Waals surface area contributed by atoms with Gasteiger partial charge in [0.15, 0.2) is 0 Å². The van der Waals surface area contributed by atoms with E-state index in [-0.39, 0.29) is 11.6 Å². The zero-order valence-electron chi connectivity index (χ0n) is 23.6. The van der Waals surface area contributed by atoms with Gasteiger partial charge in [-0.25, -0.2) is 0 Å². The molecule has 202 valence electrons. The number of hydrogen-bond donors (Lipinski definition) is 1. The Bertz CT molecular complexity index is 458. The first kappa shape index (κ1) is 33.4. The molecule has 0 spiro atoms. The van der Waals surface area contributed by atoms with Crippen LogP contribution in [0, 0.1) is 0 Å². The van der Waals surface area contributed by atoms with E-state index < -0.39 is 0 Å².